The van der Waals surface area contributed by atoms with Gasteiger partial charge in [0.05, 0.1) is 6.21 Å². The lowest BCUT2D eigenvalue weighted by Gasteiger charge is -2.22. The van der Waals surface area contributed by atoms with Crippen LogP contribution in [0, 0.1) is 0 Å². The molecule has 0 aliphatic heterocycles. The molecule has 2 heterocycles. The van der Waals surface area contributed by atoms with Gasteiger partial charge in [0.1, 0.15) is 12.1 Å². The fraction of sp³-hybridized carbons (Fsp3) is 0.316. The summed E-state index contributed by atoms with van der Waals surface area (Å²) in [4.78, 5) is 14.2. The number of H-pyrrole nitrogens is 1. The SMILES string of the molecule is CCCN(CCC)c1cc(N/N=C/c2c[nH]c3ccccc23)ncn1. The van der Waals surface area contributed by atoms with Crippen LogP contribution in [0.4, 0.5) is 11.6 Å². The van der Waals surface area contributed by atoms with Crippen LogP contribution >= 0.6 is 0 Å². The van der Waals surface area contributed by atoms with Gasteiger partial charge in [0.2, 0.25) is 0 Å². The molecule has 3 rings (SSSR count). The summed E-state index contributed by atoms with van der Waals surface area (Å²) in [7, 11) is 0. The van der Waals surface area contributed by atoms with Gasteiger partial charge in [0.25, 0.3) is 0 Å². The standard InChI is InChI=1S/C19H24N6/c1-3-9-25(10-4-2)19-11-18(21-14-22-19)24-23-13-15-12-20-17-8-6-5-7-16(15)17/h5-8,11-14,20H,3-4,9-10H2,1-2H3,(H,21,22,24)/b23-13+. The van der Waals surface area contributed by atoms with E-state index in [-0.39, 0.29) is 0 Å². The van der Waals surface area contributed by atoms with E-state index in [1.807, 2.05) is 30.5 Å². The van der Waals surface area contributed by atoms with Gasteiger partial charge >= 0.3 is 0 Å². The molecule has 0 aliphatic rings. The zero-order valence-corrected chi connectivity index (χ0v) is 14.7. The van der Waals surface area contributed by atoms with Gasteiger partial charge in [0, 0.05) is 41.8 Å². The second-order valence-electron chi connectivity index (χ2n) is 5.91. The minimum Gasteiger partial charge on any atom is -0.361 e. The highest BCUT2D eigenvalue weighted by molar-refractivity contribution is 5.99. The van der Waals surface area contributed by atoms with E-state index in [9.17, 15) is 0 Å². The highest BCUT2D eigenvalue weighted by Gasteiger charge is 2.07. The first-order valence-electron chi connectivity index (χ1n) is 8.74. The van der Waals surface area contributed by atoms with E-state index in [0.717, 1.165) is 48.2 Å². The highest BCUT2D eigenvalue weighted by Crippen LogP contribution is 2.17. The van der Waals surface area contributed by atoms with Crippen molar-refractivity contribution in [3.05, 3.63) is 48.4 Å². The predicted molar refractivity (Wildman–Crippen MR) is 104 cm³/mol. The van der Waals surface area contributed by atoms with Crippen LogP contribution in [0.2, 0.25) is 0 Å². The Morgan fingerprint density at radius 1 is 1.16 bits per heavy atom. The third-order valence-electron chi connectivity index (χ3n) is 3.97. The second-order valence-corrected chi connectivity index (χ2v) is 5.91. The molecule has 130 valence electrons. The lowest BCUT2D eigenvalue weighted by atomic mass is 10.2. The van der Waals surface area contributed by atoms with Crippen LogP contribution in [-0.4, -0.2) is 34.3 Å². The molecule has 0 spiro atoms. The van der Waals surface area contributed by atoms with Gasteiger partial charge in [0.15, 0.2) is 5.82 Å². The summed E-state index contributed by atoms with van der Waals surface area (Å²) in [6, 6.07) is 10.1. The number of hydrazone groups is 1. The number of aromatic amines is 1. The fourth-order valence-corrected chi connectivity index (χ4v) is 2.83. The molecule has 6 heteroatoms. The number of rotatable bonds is 8. The van der Waals surface area contributed by atoms with E-state index in [4.69, 9.17) is 0 Å². The van der Waals surface area contributed by atoms with Crippen molar-refractivity contribution in [1.82, 2.24) is 15.0 Å². The molecular formula is C19H24N6. The van der Waals surface area contributed by atoms with Crippen molar-refractivity contribution in [3.8, 4) is 0 Å². The molecule has 0 aliphatic carbocycles. The van der Waals surface area contributed by atoms with E-state index >= 15 is 0 Å². The monoisotopic (exact) mass is 336 g/mol. The van der Waals surface area contributed by atoms with Gasteiger partial charge in [-0.25, -0.2) is 9.97 Å². The Kier molecular flexibility index (Phi) is 5.61. The van der Waals surface area contributed by atoms with E-state index in [2.05, 4.69) is 50.3 Å². The van der Waals surface area contributed by atoms with E-state index < -0.39 is 0 Å². The maximum Gasteiger partial charge on any atom is 0.151 e. The first kappa shape index (κ1) is 17.0. The maximum atomic E-state index is 4.39. The summed E-state index contributed by atoms with van der Waals surface area (Å²) < 4.78 is 0. The van der Waals surface area contributed by atoms with Gasteiger partial charge in [-0.15, -0.1) is 0 Å². The molecule has 0 unspecified atom stereocenters. The molecule has 6 nitrogen and oxygen atoms in total. The Bertz CT molecular complexity index is 833. The van der Waals surface area contributed by atoms with Crippen LogP contribution in [-0.2, 0) is 0 Å². The smallest absolute Gasteiger partial charge is 0.151 e. The fourth-order valence-electron chi connectivity index (χ4n) is 2.83. The van der Waals surface area contributed by atoms with Crippen molar-refractivity contribution in [3.63, 3.8) is 0 Å². The minimum absolute atomic E-state index is 0.693. The lowest BCUT2D eigenvalue weighted by Crippen LogP contribution is -2.25. The Morgan fingerprint density at radius 3 is 2.76 bits per heavy atom. The number of anilines is 2. The normalized spacial score (nSPS) is 11.3. The van der Waals surface area contributed by atoms with Gasteiger partial charge in [-0.05, 0) is 18.9 Å². The molecule has 0 radical (unpaired) electrons. The summed E-state index contributed by atoms with van der Waals surface area (Å²) in [5.41, 5.74) is 5.14. The topological polar surface area (TPSA) is 69.2 Å². The third-order valence-corrected chi connectivity index (χ3v) is 3.97. The van der Waals surface area contributed by atoms with Crippen molar-refractivity contribution in [1.29, 1.82) is 0 Å². The van der Waals surface area contributed by atoms with Gasteiger partial charge in [-0.1, -0.05) is 32.0 Å². The van der Waals surface area contributed by atoms with Crippen molar-refractivity contribution >= 4 is 28.8 Å². The van der Waals surface area contributed by atoms with Crippen molar-refractivity contribution in [2.45, 2.75) is 26.7 Å². The Labute approximate surface area is 148 Å². The van der Waals surface area contributed by atoms with E-state index in [0.29, 0.717) is 5.82 Å². The summed E-state index contributed by atoms with van der Waals surface area (Å²) in [5.74, 6) is 1.63. The lowest BCUT2D eigenvalue weighted by molar-refractivity contribution is 0.733. The molecular weight excluding hydrogens is 312 g/mol. The number of nitrogens with zero attached hydrogens (tertiary/aromatic N) is 4. The molecule has 0 atom stereocenters. The van der Waals surface area contributed by atoms with Gasteiger partial charge in [-0.2, -0.15) is 5.10 Å². The van der Waals surface area contributed by atoms with Crippen molar-refractivity contribution in [2.24, 2.45) is 5.10 Å². The highest BCUT2D eigenvalue weighted by atomic mass is 15.3. The first-order valence-corrected chi connectivity index (χ1v) is 8.74. The number of hydrogen-bond donors (Lipinski definition) is 2. The number of fused-ring (bicyclic) bond motifs is 1. The van der Waals surface area contributed by atoms with Crippen LogP contribution in [0.3, 0.4) is 0 Å². The molecule has 2 aromatic heterocycles. The Morgan fingerprint density at radius 2 is 1.96 bits per heavy atom. The quantitative estimate of drug-likeness (QED) is 0.481. The number of benzene rings is 1. The first-order chi connectivity index (χ1) is 12.3. The van der Waals surface area contributed by atoms with Crippen LogP contribution < -0.4 is 10.3 Å². The predicted octanol–water partition coefficient (Wildman–Crippen LogP) is 4.03. The summed E-state index contributed by atoms with van der Waals surface area (Å²) in [6.45, 7) is 6.33. The second kappa shape index (κ2) is 8.28. The molecule has 0 saturated carbocycles. The average Bonchev–Trinajstić information content (AvgIpc) is 3.05. The summed E-state index contributed by atoms with van der Waals surface area (Å²) in [5, 5.41) is 5.47. The molecule has 25 heavy (non-hydrogen) atoms. The molecule has 1 aromatic carbocycles. The average molecular weight is 336 g/mol. The minimum atomic E-state index is 0.693. The number of nitrogens with one attached hydrogen (secondary N) is 2. The van der Waals surface area contributed by atoms with Crippen LogP contribution in [0.5, 0.6) is 0 Å². The number of para-hydroxylation sites is 1. The summed E-state index contributed by atoms with van der Waals surface area (Å²) in [6.07, 6.45) is 7.51. The van der Waals surface area contributed by atoms with Gasteiger partial charge in [-0.3, -0.25) is 5.43 Å². The van der Waals surface area contributed by atoms with Crippen LogP contribution in [0.1, 0.15) is 32.3 Å². The number of hydrogen-bond acceptors (Lipinski definition) is 5. The largest absolute Gasteiger partial charge is 0.361 e. The molecule has 0 saturated heterocycles. The number of aromatic nitrogens is 3. The van der Waals surface area contributed by atoms with Crippen LogP contribution in [0.25, 0.3) is 10.9 Å². The van der Waals surface area contributed by atoms with Crippen LogP contribution in [0.15, 0.2) is 48.0 Å². The van der Waals surface area contributed by atoms with E-state index in [1.54, 1.807) is 12.5 Å². The van der Waals surface area contributed by atoms with Crippen molar-refractivity contribution in [2.75, 3.05) is 23.4 Å². The summed E-state index contributed by atoms with van der Waals surface area (Å²) >= 11 is 0. The Balaban J connectivity index is 1.71. The zero-order valence-electron chi connectivity index (χ0n) is 14.7. The van der Waals surface area contributed by atoms with Crippen molar-refractivity contribution < 1.29 is 0 Å². The molecule has 0 fully saturated rings. The van der Waals surface area contributed by atoms with E-state index in [1.165, 1.54) is 0 Å². The zero-order chi connectivity index (χ0) is 17.5. The van der Waals surface area contributed by atoms with Gasteiger partial charge < -0.3 is 9.88 Å². The maximum absolute atomic E-state index is 4.39. The third kappa shape index (κ3) is 4.15. The molecule has 0 amide bonds. The Hall–Kier alpha value is -2.89. The molecule has 0 bridgehead atoms. The molecule has 3 aromatic rings. The molecule has 2 N–H and O–H groups in total.